The van der Waals surface area contributed by atoms with Crippen LogP contribution in [0.5, 0.6) is 0 Å². The molecule has 14 heavy (non-hydrogen) atoms. The van der Waals surface area contributed by atoms with E-state index in [4.69, 9.17) is 4.74 Å². The highest BCUT2D eigenvalue weighted by Gasteiger charge is 2.25. The number of esters is 1. The van der Waals surface area contributed by atoms with E-state index in [-0.39, 0.29) is 5.57 Å². The van der Waals surface area contributed by atoms with Crippen LogP contribution in [0.1, 0.15) is 20.3 Å². The lowest BCUT2D eigenvalue weighted by molar-refractivity contribution is -0.200. The maximum absolute atomic E-state index is 11.1. The molecule has 0 amide bonds. The zero-order chi connectivity index (χ0) is 11.4. The molecule has 4 heteroatoms. The van der Waals surface area contributed by atoms with Crippen LogP contribution in [0.25, 0.3) is 0 Å². The second-order valence-corrected chi connectivity index (χ2v) is 3.90. The molecule has 0 bridgehead atoms. The Labute approximate surface area is 85.2 Å². The average Bonchev–Trinajstić information content (AvgIpc) is 2.00. The number of rotatable bonds is 5. The highest BCUT2D eigenvalue weighted by atomic mass is 16.7. The first-order valence-corrected chi connectivity index (χ1v) is 4.50. The Balaban J connectivity index is 4.06. The predicted molar refractivity (Wildman–Crippen MR) is 54.7 cm³/mol. The fourth-order valence-corrected chi connectivity index (χ4v) is 0.769. The summed E-state index contributed by atoms with van der Waals surface area (Å²) >= 11 is 0. The first kappa shape index (κ1) is 13.1. The summed E-state index contributed by atoms with van der Waals surface area (Å²) in [6.07, 6.45) is 0.374. The second kappa shape index (κ2) is 5.12. The molecule has 0 saturated heterocycles. The van der Waals surface area contributed by atoms with Crippen LogP contribution < -0.4 is 0 Å². The summed E-state index contributed by atoms with van der Waals surface area (Å²) < 4.78 is 4.84. The monoisotopic (exact) mass is 201 g/mol. The molecule has 1 atom stereocenters. The third kappa shape index (κ3) is 5.72. The van der Waals surface area contributed by atoms with Gasteiger partial charge in [-0.1, -0.05) is 6.58 Å². The minimum atomic E-state index is -1.42. The first-order valence-electron chi connectivity index (χ1n) is 4.50. The molecular weight excluding hydrogens is 182 g/mol. The Hall–Kier alpha value is -0.870. The van der Waals surface area contributed by atoms with Crippen molar-refractivity contribution < 1.29 is 14.6 Å². The van der Waals surface area contributed by atoms with Crippen LogP contribution in [0.4, 0.5) is 0 Å². The van der Waals surface area contributed by atoms with Crippen molar-refractivity contribution in [3.05, 3.63) is 12.2 Å². The quantitative estimate of drug-likeness (QED) is 0.405. The summed E-state index contributed by atoms with van der Waals surface area (Å²) in [6, 6.07) is 0. The third-order valence-corrected chi connectivity index (χ3v) is 1.68. The highest BCUT2D eigenvalue weighted by molar-refractivity contribution is 5.87. The summed E-state index contributed by atoms with van der Waals surface area (Å²) in [4.78, 5) is 13.0. The molecule has 0 spiro atoms. The van der Waals surface area contributed by atoms with Gasteiger partial charge in [-0.25, -0.2) is 4.79 Å². The van der Waals surface area contributed by atoms with Crippen molar-refractivity contribution in [3.63, 3.8) is 0 Å². The van der Waals surface area contributed by atoms with Gasteiger partial charge in [0.15, 0.2) is 0 Å². The molecular formula is C10H19NO3. The van der Waals surface area contributed by atoms with Crippen molar-refractivity contribution in [1.82, 2.24) is 4.90 Å². The number of hydrogen-bond donors (Lipinski definition) is 1. The van der Waals surface area contributed by atoms with Gasteiger partial charge in [0.1, 0.15) is 0 Å². The van der Waals surface area contributed by atoms with Gasteiger partial charge in [0, 0.05) is 25.5 Å². The summed E-state index contributed by atoms with van der Waals surface area (Å²) in [6.45, 7) is 7.10. The second-order valence-electron chi connectivity index (χ2n) is 3.90. The zero-order valence-corrected chi connectivity index (χ0v) is 9.33. The molecule has 0 aromatic carbocycles. The van der Waals surface area contributed by atoms with Gasteiger partial charge in [0.2, 0.25) is 5.79 Å². The van der Waals surface area contributed by atoms with E-state index in [0.717, 1.165) is 0 Å². The molecule has 1 N–H and O–H groups in total. The van der Waals surface area contributed by atoms with E-state index in [1.54, 1.807) is 6.92 Å². The summed E-state index contributed by atoms with van der Waals surface area (Å²) in [5.74, 6) is -1.98. The van der Waals surface area contributed by atoms with Gasteiger partial charge in [-0.3, -0.25) is 0 Å². The number of hydrogen-bond acceptors (Lipinski definition) is 4. The van der Waals surface area contributed by atoms with E-state index in [1.165, 1.54) is 6.92 Å². The molecule has 4 nitrogen and oxygen atoms in total. The molecule has 0 saturated carbocycles. The fraction of sp³-hybridized carbons (Fsp3) is 0.700. The van der Waals surface area contributed by atoms with Crippen LogP contribution in [-0.2, 0) is 9.53 Å². The number of nitrogens with zero attached hydrogens (tertiary/aromatic N) is 1. The number of ether oxygens (including phenoxy) is 1. The van der Waals surface area contributed by atoms with Gasteiger partial charge in [-0.2, -0.15) is 0 Å². The predicted octanol–water partition coefficient (Wildman–Crippen LogP) is 0.766. The summed E-state index contributed by atoms with van der Waals surface area (Å²) in [5, 5.41) is 9.67. The number of carbonyl (C=O) groups excluding carboxylic acids is 1. The van der Waals surface area contributed by atoms with Crippen LogP contribution in [0.15, 0.2) is 12.2 Å². The maximum Gasteiger partial charge on any atom is 0.335 e. The van der Waals surface area contributed by atoms with Crippen molar-refractivity contribution in [3.8, 4) is 0 Å². The fourth-order valence-electron chi connectivity index (χ4n) is 0.769. The van der Waals surface area contributed by atoms with Crippen LogP contribution in [0.3, 0.4) is 0 Å². The Morgan fingerprint density at radius 2 is 2.07 bits per heavy atom. The van der Waals surface area contributed by atoms with Gasteiger partial charge in [0.25, 0.3) is 0 Å². The molecule has 82 valence electrons. The number of carbonyl (C=O) groups is 1. The van der Waals surface area contributed by atoms with Crippen LogP contribution in [-0.4, -0.2) is 42.4 Å². The average molecular weight is 201 g/mol. The van der Waals surface area contributed by atoms with Crippen molar-refractivity contribution in [2.24, 2.45) is 0 Å². The minimum Gasteiger partial charge on any atom is -0.430 e. The molecule has 0 heterocycles. The van der Waals surface area contributed by atoms with Crippen LogP contribution >= 0.6 is 0 Å². The van der Waals surface area contributed by atoms with E-state index < -0.39 is 11.8 Å². The lowest BCUT2D eigenvalue weighted by Crippen LogP contribution is -2.35. The van der Waals surface area contributed by atoms with Gasteiger partial charge < -0.3 is 14.7 Å². The van der Waals surface area contributed by atoms with E-state index in [1.807, 2.05) is 19.0 Å². The molecule has 0 aromatic rings. The normalized spacial score (nSPS) is 15.0. The smallest absolute Gasteiger partial charge is 0.335 e. The molecule has 0 aliphatic rings. The lowest BCUT2D eigenvalue weighted by atomic mass is 10.2. The Morgan fingerprint density at radius 3 is 2.43 bits per heavy atom. The summed E-state index contributed by atoms with van der Waals surface area (Å²) in [5.41, 5.74) is 0.287. The van der Waals surface area contributed by atoms with E-state index >= 15 is 0 Å². The van der Waals surface area contributed by atoms with Gasteiger partial charge >= 0.3 is 5.97 Å². The van der Waals surface area contributed by atoms with Gasteiger partial charge in [-0.15, -0.1) is 0 Å². The van der Waals surface area contributed by atoms with Gasteiger partial charge in [-0.05, 0) is 21.0 Å². The molecule has 0 aliphatic carbocycles. The summed E-state index contributed by atoms with van der Waals surface area (Å²) in [7, 11) is 3.77. The first-order chi connectivity index (χ1) is 6.24. The largest absolute Gasteiger partial charge is 0.430 e. The van der Waals surface area contributed by atoms with E-state index in [9.17, 15) is 9.90 Å². The van der Waals surface area contributed by atoms with E-state index in [0.29, 0.717) is 13.0 Å². The number of aliphatic hydroxyl groups is 1. The minimum absolute atomic E-state index is 0.287. The van der Waals surface area contributed by atoms with Crippen LogP contribution in [0.2, 0.25) is 0 Å². The van der Waals surface area contributed by atoms with E-state index in [2.05, 4.69) is 6.58 Å². The SMILES string of the molecule is C=C(C)C(=O)OC(C)(O)CCN(C)C. The van der Waals surface area contributed by atoms with Crippen molar-refractivity contribution in [1.29, 1.82) is 0 Å². The Morgan fingerprint density at radius 1 is 1.57 bits per heavy atom. The van der Waals surface area contributed by atoms with Crippen LogP contribution in [0, 0.1) is 0 Å². The Bertz CT molecular complexity index is 221. The molecule has 0 aliphatic heterocycles. The lowest BCUT2D eigenvalue weighted by Gasteiger charge is -2.25. The standard InChI is InChI=1S/C10H19NO3/c1-8(2)9(12)14-10(3,13)6-7-11(4)5/h13H,1,6-7H2,2-5H3. The van der Waals surface area contributed by atoms with Crippen molar-refractivity contribution >= 4 is 5.97 Å². The molecule has 0 fully saturated rings. The van der Waals surface area contributed by atoms with Crippen molar-refractivity contribution in [2.45, 2.75) is 26.1 Å². The molecule has 0 rings (SSSR count). The Kier molecular flexibility index (Phi) is 4.80. The molecule has 0 aromatic heterocycles. The van der Waals surface area contributed by atoms with Gasteiger partial charge in [0.05, 0.1) is 0 Å². The topological polar surface area (TPSA) is 49.8 Å². The van der Waals surface area contributed by atoms with Crippen molar-refractivity contribution in [2.75, 3.05) is 20.6 Å². The molecule has 0 radical (unpaired) electrons. The highest BCUT2D eigenvalue weighted by Crippen LogP contribution is 2.13. The zero-order valence-electron chi connectivity index (χ0n) is 9.33. The maximum atomic E-state index is 11.1. The third-order valence-electron chi connectivity index (χ3n) is 1.68. The molecule has 1 unspecified atom stereocenters.